The summed E-state index contributed by atoms with van der Waals surface area (Å²) in [6.07, 6.45) is 3.54. The molecule has 16 heavy (non-hydrogen) atoms. The van der Waals surface area contributed by atoms with Crippen LogP contribution in [0.25, 0.3) is 0 Å². The second-order valence-corrected chi connectivity index (χ2v) is 4.44. The Hall–Kier alpha value is -0.810. The number of amides is 2. The van der Waals surface area contributed by atoms with Gasteiger partial charge in [-0.1, -0.05) is 12.8 Å². The topological polar surface area (TPSA) is 75.4 Å². The minimum Gasteiger partial charge on any atom is -0.353 e. The molecule has 1 aliphatic heterocycles. The highest BCUT2D eigenvalue weighted by atomic mass is 35.5. The van der Waals surface area contributed by atoms with Gasteiger partial charge < -0.3 is 16.0 Å². The van der Waals surface area contributed by atoms with Crippen molar-refractivity contribution >= 4 is 24.2 Å². The lowest BCUT2D eigenvalue weighted by Gasteiger charge is -2.33. The molecule has 6 heteroatoms. The second-order valence-electron chi connectivity index (χ2n) is 4.44. The van der Waals surface area contributed by atoms with Crippen molar-refractivity contribution in [1.29, 1.82) is 0 Å². The van der Waals surface area contributed by atoms with Gasteiger partial charge in [-0.3, -0.25) is 9.59 Å². The van der Waals surface area contributed by atoms with E-state index >= 15 is 0 Å². The molecule has 0 aromatic heterocycles. The maximum atomic E-state index is 12.1. The molecule has 1 aliphatic carbocycles. The number of nitrogens with zero attached hydrogens (tertiary/aromatic N) is 1. The van der Waals surface area contributed by atoms with E-state index < -0.39 is 5.54 Å². The molecule has 0 unspecified atom stereocenters. The Bertz CT molecular complexity index is 290. The lowest BCUT2D eigenvalue weighted by atomic mass is 9.97. The maximum absolute atomic E-state index is 12.1. The first-order chi connectivity index (χ1) is 7.12. The smallest absolute Gasteiger partial charge is 0.243 e. The van der Waals surface area contributed by atoms with Crippen LogP contribution in [0.15, 0.2) is 0 Å². The summed E-state index contributed by atoms with van der Waals surface area (Å²) in [6.45, 7) is 1.29. The predicted molar refractivity (Wildman–Crippen MR) is 62.2 cm³/mol. The molecule has 0 atom stereocenters. The fourth-order valence-corrected chi connectivity index (χ4v) is 2.35. The van der Waals surface area contributed by atoms with Gasteiger partial charge in [0.05, 0.1) is 12.1 Å². The maximum Gasteiger partial charge on any atom is 0.243 e. The third kappa shape index (κ3) is 2.47. The number of rotatable bonds is 1. The van der Waals surface area contributed by atoms with Crippen molar-refractivity contribution in [2.75, 3.05) is 19.6 Å². The molecular formula is C10H18ClN3O2. The van der Waals surface area contributed by atoms with Crippen LogP contribution in [0.4, 0.5) is 0 Å². The van der Waals surface area contributed by atoms with Crippen LogP contribution in [0.2, 0.25) is 0 Å². The summed E-state index contributed by atoms with van der Waals surface area (Å²) in [4.78, 5) is 24.8. The van der Waals surface area contributed by atoms with Gasteiger partial charge in [0.2, 0.25) is 11.8 Å². The summed E-state index contributed by atoms with van der Waals surface area (Å²) >= 11 is 0. The Kier molecular flexibility index (Phi) is 4.15. The summed E-state index contributed by atoms with van der Waals surface area (Å²) in [5.41, 5.74) is 5.36. The summed E-state index contributed by atoms with van der Waals surface area (Å²) in [5.74, 6) is -0.133. The first kappa shape index (κ1) is 13.3. The van der Waals surface area contributed by atoms with Crippen molar-refractivity contribution in [3.05, 3.63) is 0 Å². The number of hydrogen-bond acceptors (Lipinski definition) is 3. The Morgan fingerprint density at radius 1 is 1.38 bits per heavy atom. The van der Waals surface area contributed by atoms with Crippen molar-refractivity contribution in [3.8, 4) is 0 Å². The van der Waals surface area contributed by atoms with E-state index in [0.717, 1.165) is 25.7 Å². The normalized spacial score (nSPS) is 23.6. The predicted octanol–water partition coefficient (Wildman–Crippen LogP) is -0.362. The van der Waals surface area contributed by atoms with Crippen LogP contribution in [0, 0.1) is 0 Å². The van der Waals surface area contributed by atoms with Gasteiger partial charge in [0.25, 0.3) is 0 Å². The highest BCUT2D eigenvalue weighted by molar-refractivity contribution is 5.91. The van der Waals surface area contributed by atoms with Crippen molar-refractivity contribution in [2.24, 2.45) is 5.73 Å². The summed E-state index contributed by atoms with van der Waals surface area (Å²) < 4.78 is 0. The van der Waals surface area contributed by atoms with Crippen molar-refractivity contribution in [2.45, 2.75) is 31.2 Å². The van der Waals surface area contributed by atoms with Gasteiger partial charge in [-0.25, -0.2) is 0 Å². The Morgan fingerprint density at radius 2 is 2.00 bits per heavy atom. The van der Waals surface area contributed by atoms with E-state index in [0.29, 0.717) is 13.1 Å². The molecule has 0 radical (unpaired) electrons. The van der Waals surface area contributed by atoms with Crippen molar-refractivity contribution < 1.29 is 9.59 Å². The summed E-state index contributed by atoms with van der Waals surface area (Å²) in [5, 5.41) is 2.70. The van der Waals surface area contributed by atoms with E-state index in [9.17, 15) is 9.59 Å². The zero-order chi connectivity index (χ0) is 10.9. The third-order valence-electron chi connectivity index (χ3n) is 3.25. The van der Waals surface area contributed by atoms with E-state index in [-0.39, 0.29) is 30.8 Å². The quantitative estimate of drug-likeness (QED) is 0.664. The van der Waals surface area contributed by atoms with Gasteiger partial charge in [-0.05, 0) is 12.8 Å². The van der Waals surface area contributed by atoms with Gasteiger partial charge >= 0.3 is 0 Å². The van der Waals surface area contributed by atoms with Crippen molar-refractivity contribution in [1.82, 2.24) is 10.2 Å². The first-order valence-corrected chi connectivity index (χ1v) is 5.47. The first-order valence-electron chi connectivity index (χ1n) is 5.47. The lowest BCUT2D eigenvalue weighted by Crippen LogP contribution is -2.59. The molecule has 1 saturated heterocycles. The Balaban J connectivity index is 0.00000128. The van der Waals surface area contributed by atoms with E-state index in [1.807, 2.05) is 0 Å². The number of hydrogen-bond donors (Lipinski definition) is 2. The molecule has 0 aromatic carbocycles. The van der Waals surface area contributed by atoms with Crippen LogP contribution in [0.3, 0.4) is 0 Å². The van der Waals surface area contributed by atoms with Gasteiger partial charge in [0, 0.05) is 13.1 Å². The third-order valence-corrected chi connectivity index (χ3v) is 3.25. The molecule has 2 aliphatic rings. The number of nitrogens with two attached hydrogens (primary N) is 1. The Morgan fingerprint density at radius 3 is 2.56 bits per heavy atom. The van der Waals surface area contributed by atoms with Gasteiger partial charge in [0.15, 0.2) is 0 Å². The highest BCUT2D eigenvalue weighted by Gasteiger charge is 2.40. The second kappa shape index (κ2) is 5.01. The fraction of sp³-hybridized carbons (Fsp3) is 0.800. The lowest BCUT2D eigenvalue weighted by molar-refractivity contribution is -0.142. The SMILES string of the molecule is Cl.NC1(C(=O)N2CCNC(=O)C2)CCCC1. The molecule has 0 bridgehead atoms. The van der Waals surface area contributed by atoms with E-state index in [2.05, 4.69) is 5.32 Å². The Labute approximate surface area is 101 Å². The molecule has 2 rings (SSSR count). The number of piperazine rings is 1. The highest BCUT2D eigenvalue weighted by Crippen LogP contribution is 2.29. The molecule has 0 aromatic rings. The van der Waals surface area contributed by atoms with Gasteiger partial charge in [-0.2, -0.15) is 0 Å². The largest absolute Gasteiger partial charge is 0.353 e. The van der Waals surface area contributed by atoms with E-state index in [4.69, 9.17) is 5.73 Å². The van der Waals surface area contributed by atoms with Crippen LogP contribution >= 0.6 is 12.4 Å². The average Bonchev–Trinajstić information content (AvgIpc) is 2.65. The zero-order valence-electron chi connectivity index (χ0n) is 9.20. The number of carbonyl (C=O) groups excluding carboxylic acids is 2. The van der Waals surface area contributed by atoms with Crippen LogP contribution < -0.4 is 11.1 Å². The number of halogens is 1. The number of nitrogens with one attached hydrogen (secondary N) is 1. The molecule has 3 N–H and O–H groups in total. The molecule has 2 amide bonds. The van der Waals surface area contributed by atoms with Crippen LogP contribution in [0.1, 0.15) is 25.7 Å². The molecule has 2 fully saturated rings. The molecule has 5 nitrogen and oxygen atoms in total. The van der Waals surface area contributed by atoms with Crippen molar-refractivity contribution in [3.63, 3.8) is 0 Å². The fourth-order valence-electron chi connectivity index (χ4n) is 2.35. The average molecular weight is 248 g/mol. The van der Waals surface area contributed by atoms with E-state index in [1.54, 1.807) is 4.90 Å². The van der Waals surface area contributed by atoms with Crippen LogP contribution in [-0.2, 0) is 9.59 Å². The summed E-state index contributed by atoms with van der Waals surface area (Å²) in [6, 6.07) is 0. The van der Waals surface area contributed by atoms with E-state index in [1.165, 1.54) is 0 Å². The standard InChI is InChI=1S/C10H17N3O2.ClH/c11-10(3-1-2-4-10)9(15)13-6-5-12-8(14)7-13;/h1-7,11H2,(H,12,14);1H. The van der Waals surface area contributed by atoms with Gasteiger partial charge in [0.1, 0.15) is 0 Å². The number of carbonyl (C=O) groups is 2. The summed E-state index contributed by atoms with van der Waals surface area (Å²) in [7, 11) is 0. The molecule has 92 valence electrons. The molecule has 1 saturated carbocycles. The van der Waals surface area contributed by atoms with Gasteiger partial charge in [-0.15, -0.1) is 12.4 Å². The molecule has 0 spiro atoms. The minimum atomic E-state index is -0.697. The van der Waals surface area contributed by atoms with Crippen LogP contribution in [0.5, 0.6) is 0 Å². The molecule has 1 heterocycles. The molecular weight excluding hydrogens is 230 g/mol. The van der Waals surface area contributed by atoms with Crippen LogP contribution in [-0.4, -0.2) is 41.9 Å². The monoisotopic (exact) mass is 247 g/mol. The zero-order valence-corrected chi connectivity index (χ0v) is 10.0. The minimum absolute atomic E-state index is 0.